The number of rotatable bonds is 3. The summed E-state index contributed by atoms with van der Waals surface area (Å²) in [5.74, 6) is 1.42. The van der Waals surface area contributed by atoms with E-state index in [2.05, 4.69) is 48.1 Å². The Hall–Kier alpha value is -2.14. The number of hydrogen-bond donors (Lipinski definition) is 1. The van der Waals surface area contributed by atoms with E-state index < -0.39 is 5.60 Å². The van der Waals surface area contributed by atoms with Crippen LogP contribution in [0.5, 0.6) is 5.75 Å². The lowest BCUT2D eigenvalue weighted by atomic mass is 9.75. The summed E-state index contributed by atoms with van der Waals surface area (Å²) < 4.78 is 20.9. The summed E-state index contributed by atoms with van der Waals surface area (Å²) in [7, 11) is 0. The standard InChI is InChI=1S/C26H29BrFNO2/c1-15-5-8-17(9-6-15)21-14-26(3,4)31-24-20(21)11-18(12-22(24)27)25(30)29-19-10-7-16(2)23(28)13-19/h7,10-15,17H,5-6,8-9H2,1-4H3,(H,29,30). The zero-order chi connectivity index (χ0) is 22.3. The summed E-state index contributed by atoms with van der Waals surface area (Å²) >= 11 is 3.63. The van der Waals surface area contributed by atoms with E-state index in [-0.39, 0.29) is 11.7 Å². The number of allylic oxidation sites excluding steroid dienone is 1. The molecule has 0 radical (unpaired) electrons. The molecule has 0 atom stereocenters. The van der Waals surface area contributed by atoms with Crippen molar-refractivity contribution in [1.29, 1.82) is 0 Å². The number of ether oxygens (including phenoxy) is 1. The van der Waals surface area contributed by atoms with Gasteiger partial charge in [0, 0.05) is 16.8 Å². The minimum Gasteiger partial charge on any atom is -0.482 e. The summed E-state index contributed by atoms with van der Waals surface area (Å²) in [6, 6.07) is 8.42. The van der Waals surface area contributed by atoms with Gasteiger partial charge < -0.3 is 10.1 Å². The van der Waals surface area contributed by atoms with E-state index in [1.807, 2.05) is 6.07 Å². The number of carbonyl (C=O) groups is 1. The van der Waals surface area contributed by atoms with Gasteiger partial charge in [0.1, 0.15) is 17.2 Å². The van der Waals surface area contributed by atoms with Gasteiger partial charge in [-0.1, -0.05) is 25.8 Å². The number of aryl methyl sites for hydroxylation is 1. The van der Waals surface area contributed by atoms with Gasteiger partial charge in [-0.15, -0.1) is 0 Å². The molecule has 0 unspecified atom stereocenters. The Morgan fingerprint density at radius 2 is 1.87 bits per heavy atom. The van der Waals surface area contributed by atoms with E-state index in [4.69, 9.17) is 4.74 Å². The second kappa shape index (κ2) is 8.42. The van der Waals surface area contributed by atoms with Crippen molar-refractivity contribution < 1.29 is 13.9 Å². The Balaban J connectivity index is 1.68. The molecule has 0 saturated heterocycles. The molecule has 3 nitrogen and oxygen atoms in total. The summed E-state index contributed by atoms with van der Waals surface area (Å²) in [5, 5.41) is 2.82. The van der Waals surface area contributed by atoms with Crippen LogP contribution in [0, 0.1) is 24.6 Å². The van der Waals surface area contributed by atoms with Crippen LogP contribution in [-0.2, 0) is 0 Å². The maximum Gasteiger partial charge on any atom is 0.255 e. The zero-order valence-corrected chi connectivity index (χ0v) is 20.1. The van der Waals surface area contributed by atoms with Gasteiger partial charge in [0.05, 0.1) is 4.47 Å². The Morgan fingerprint density at radius 1 is 1.16 bits per heavy atom. The first-order chi connectivity index (χ1) is 14.6. The zero-order valence-electron chi connectivity index (χ0n) is 18.5. The van der Waals surface area contributed by atoms with Crippen molar-refractivity contribution in [3.8, 4) is 5.75 Å². The summed E-state index contributed by atoms with van der Waals surface area (Å²) in [4.78, 5) is 13.0. The molecule has 0 bridgehead atoms. The lowest BCUT2D eigenvalue weighted by molar-refractivity contribution is 0.102. The molecule has 1 heterocycles. The lowest BCUT2D eigenvalue weighted by Gasteiger charge is -2.37. The average molecular weight is 486 g/mol. The Bertz CT molecular complexity index is 1050. The van der Waals surface area contributed by atoms with E-state index in [1.165, 1.54) is 24.5 Å². The lowest BCUT2D eigenvalue weighted by Crippen LogP contribution is -2.31. The van der Waals surface area contributed by atoms with Crippen molar-refractivity contribution in [2.24, 2.45) is 11.8 Å². The van der Waals surface area contributed by atoms with Gasteiger partial charge in [-0.2, -0.15) is 0 Å². The fraction of sp³-hybridized carbons (Fsp3) is 0.423. The predicted molar refractivity (Wildman–Crippen MR) is 127 cm³/mol. The van der Waals surface area contributed by atoms with E-state index >= 15 is 0 Å². The van der Waals surface area contributed by atoms with Gasteiger partial charge in [-0.05, 0) is 103 Å². The highest BCUT2D eigenvalue weighted by atomic mass is 79.9. The van der Waals surface area contributed by atoms with Crippen LogP contribution in [0.3, 0.4) is 0 Å². The van der Waals surface area contributed by atoms with Gasteiger partial charge in [0.25, 0.3) is 5.91 Å². The van der Waals surface area contributed by atoms with Gasteiger partial charge >= 0.3 is 0 Å². The van der Waals surface area contributed by atoms with Crippen molar-refractivity contribution in [1.82, 2.24) is 0 Å². The molecule has 1 N–H and O–H groups in total. The number of benzene rings is 2. The van der Waals surface area contributed by atoms with Crippen molar-refractivity contribution >= 4 is 33.1 Å². The maximum absolute atomic E-state index is 13.9. The highest BCUT2D eigenvalue weighted by Crippen LogP contribution is 2.47. The quantitative estimate of drug-likeness (QED) is 0.487. The van der Waals surface area contributed by atoms with Gasteiger partial charge in [0.2, 0.25) is 0 Å². The molecule has 31 heavy (non-hydrogen) atoms. The van der Waals surface area contributed by atoms with Crippen molar-refractivity contribution in [3.05, 3.63) is 63.4 Å². The molecule has 0 spiro atoms. The fourth-order valence-electron chi connectivity index (χ4n) is 4.57. The topological polar surface area (TPSA) is 38.3 Å². The molecule has 2 aliphatic rings. The average Bonchev–Trinajstić information content (AvgIpc) is 2.71. The minimum absolute atomic E-state index is 0.270. The molecule has 4 rings (SSSR count). The second-order valence-corrected chi connectivity index (χ2v) is 10.4. The molecule has 1 amide bonds. The first-order valence-electron chi connectivity index (χ1n) is 11.0. The van der Waals surface area contributed by atoms with E-state index in [0.29, 0.717) is 22.7 Å². The van der Waals surface area contributed by atoms with Crippen LogP contribution in [-0.4, -0.2) is 11.5 Å². The Labute approximate surface area is 192 Å². The summed E-state index contributed by atoms with van der Waals surface area (Å²) in [6.07, 6.45) is 6.97. The van der Waals surface area contributed by atoms with Crippen LogP contribution in [0.4, 0.5) is 10.1 Å². The summed E-state index contributed by atoms with van der Waals surface area (Å²) in [6.45, 7) is 8.16. The fourth-order valence-corrected chi connectivity index (χ4v) is 5.11. The molecule has 1 saturated carbocycles. The molecule has 2 aromatic carbocycles. The third-order valence-corrected chi connectivity index (χ3v) is 6.96. The van der Waals surface area contributed by atoms with E-state index in [9.17, 15) is 9.18 Å². The molecule has 1 aliphatic carbocycles. The predicted octanol–water partition coefficient (Wildman–Crippen LogP) is 7.53. The maximum atomic E-state index is 13.9. The normalized spacial score (nSPS) is 22.2. The molecule has 5 heteroatoms. The number of hydrogen-bond acceptors (Lipinski definition) is 2. The minimum atomic E-state index is -0.406. The smallest absolute Gasteiger partial charge is 0.255 e. The second-order valence-electron chi connectivity index (χ2n) is 9.51. The number of fused-ring (bicyclic) bond motifs is 1. The van der Waals surface area contributed by atoms with Crippen molar-refractivity contribution in [3.63, 3.8) is 0 Å². The first-order valence-corrected chi connectivity index (χ1v) is 11.8. The van der Waals surface area contributed by atoms with Crippen LogP contribution < -0.4 is 10.1 Å². The van der Waals surface area contributed by atoms with Crippen LogP contribution in [0.1, 0.15) is 67.9 Å². The third kappa shape index (κ3) is 4.72. The largest absolute Gasteiger partial charge is 0.482 e. The summed E-state index contributed by atoms with van der Waals surface area (Å²) in [5.41, 5.74) is 3.35. The number of carbonyl (C=O) groups excluding carboxylic acids is 1. The number of anilines is 1. The molecule has 1 fully saturated rings. The monoisotopic (exact) mass is 485 g/mol. The van der Waals surface area contributed by atoms with Crippen LogP contribution in [0.15, 0.2) is 40.9 Å². The molecular weight excluding hydrogens is 457 g/mol. The molecular formula is C26H29BrFNO2. The first kappa shape index (κ1) is 22.1. The SMILES string of the molecule is Cc1ccc(NC(=O)c2cc(Br)c3c(c2)C(C2CCC(C)CC2)=CC(C)(C)O3)cc1F. The van der Waals surface area contributed by atoms with Crippen LogP contribution in [0.25, 0.3) is 5.57 Å². The van der Waals surface area contributed by atoms with Gasteiger partial charge in [-0.3, -0.25) is 4.79 Å². The Kier molecular flexibility index (Phi) is 5.99. The number of nitrogens with one attached hydrogen (secondary N) is 1. The van der Waals surface area contributed by atoms with Gasteiger partial charge in [-0.25, -0.2) is 4.39 Å². The van der Waals surface area contributed by atoms with E-state index in [0.717, 1.165) is 34.5 Å². The highest BCUT2D eigenvalue weighted by Gasteiger charge is 2.33. The third-order valence-electron chi connectivity index (χ3n) is 6.37. The molecule has 1 aliphatic heterocycles. The number of halogens is 2. The van der Waals surface area contributed by atoms with Crippen LogP contribution >= 0.6 is 15.9 Å². The van der Waals surface area contributed by atoms with Crippen molar-refractivity contribution in [2.75, 3.05) is 5.32 Å². The van der Waals surface area contributed by atoms with Gasteiger partial charge in [0.15, 0.2) is 0 Å². The molecule has 2 aromatic rings. The highest BCUT2D eigenvalue weighted by molar-refractivity contribution is 9.10. The molecule has 164 valence electrons. The van der Waals surface area contributed by atoms with E-state index in [1.54, 1.807) is 25.1 Å². The van der Waals surface area contributed by atoms with Crippen molar-refractivity contribution in [2.45, 2.75) is 59.0 Å². The van der Waals surface area contributed by atoms with Crippen LogP contribution in [0.2, 0.25) is 0 Å². The number of amides is 1. The Morgan fingerprint density at radius 3 is 2.55 bits per heavy atom. The molecule has 0 aromatic heterocycles.